The Bertz CT molecular complexity index is 771. The highest BCUT2D eigenvalue weighted by Crippen LogP contribution is 2.24. The molecule has 2 N–H and O–H groups in total. The Kier molecular flexibility index (Phi) is 6.54. The third-order valence-corrected chi connectivity index (χ3v) is 5.09. The number of hydrogen-bond acceptors (Lipinski definition) is 6. The second kappa shape index (κ2) is 9.07. The lowest BCUT2D eigenvalue weighted by atomic mass is 10.1. The summed E-state index contributed by atoms with van der Waals surface area (Å²) in [6.07, 6.45) is 0.960. The molecule has 0 radical (unpaired) electrons. The standard InChI is InChI=1S/C18H23N3O4S/c1-13-14-5-2-3-6-15(14)25-16(13)17(22)19-18(23)20-26-12-4-7-21-8-10-24-11-9-21/h2-3,5-6H,4,7-12H2,1H3,(H2,19,20,22,23). The minimum Gasteiger partial charge on any atom is -0.451 e. The Morgan fingerprint density at radius 2 is 2.00 bits per heavy atom. The lowest BCUT2D eigenvalue weighted by Gasteiger charge is -2.26. The molecular weight excluding hydrogens is 354 g/mol. The van der Waals surface area contributed by atoms with Crippen molar-refractivity contribution in [3.05, 3.63) is 35.6 Å². The summed E-state index contributed by atoms with van der Waals surface area (Å²) in [6.45, 7) is 6.29. The second-order valence-corrected chi connectivity index (χ2v) is 6.99. The van der Waals surface area contributed by atoms with Crippen LogP contribution in [0.1, 0.15) is 22.5 Å². The van der Waals surface area contributed by atoms with E-state index in [0.29, 0.717) is 5.58 Å². The molecule has 7 nitrogen and oxygen atoms in total. The van der Waals surface area contributed by atoms with Crippen LogP contribution in [0, 0.1) is 6.92 Å². The zero-order chi connectivity index (χ0) is 18.4. The smallest absolute Gasteiger partial charge is 0.331 e. The van der Waals surface area contributed by atoms with Crippen molar-refractivity contribution in [1.29, 1.82) is 0 Å². The van der Waals surface area contributed by atoms with E-state index in [0.717, 1.165) is 56.0 Å². The van der Waals surface area contributed by atoms with Crippen molar-refractivity contribution in [2.45, 2.75) is 13.3 Å². The molecule has 0 saturated carbocycles. The highest BCUT2D eigenvalue weighted by atomic mass is 32.2. The van der Waals surface area contributed by atoms with Gasteiger partial charge in [0.25, 0.3) is 5.91 Å². The Hall–Kier alpha value is -2.03. The van der Waals surface area contributed by atoms with E-state index in [1.807, 2.05) is 18.2 Å². The van der Waals surface area contributed by atoms with Gasteiger partial charge in [-0.1, -0.05) is 18.2 Å². The average Bonchev–Trinajstić information content (AvgIpc) is 2.99. The van der Waals surface area contributed by atoms with E-state index in [2.05, 4.69) is 14.9 Å². The molecule has 2 aromatic rings. The van der Waals surface area contributed by atoms with Gasteiger partial charge in [-0.3, -0.25) is 19.7 Å². The summed E-state index contributed by atoms with van der Waals surface area (Å²) < 4.78 is 13.5. The first kappa shape index (κ1) is 18.8. The molecule has 1 saturated heterocycles. The number of urea groups is 1. The molecule has 1 aromatic heterocycles. The number of aryl methyl sites for hydroxylation is 1. The Labute approximate surface area is 156 Å². The molecule has 0 aliphatic carbocycles. The van der Waals surface area contributed by atoms with Gasteiger partial charge in [-0.2, -0.15) is 0 Å². The predicted octanol–water partition coefficient (Wildman–Crippen LogP) is 2.55. The van der Waals surface area contributed by atoms with E-state index in [-0.39, 0.29) is 5.76 Å². The van der Waals surface area contributed by atoms with E-state index in [9.17, 15) is 9.59 Å². The summed E-state index contributed by atoms with van der Waals surface area (Å²) in [5.74, 6) is 0.409. The van der Waals surface area contributed by atoms with Crippen LogP contribution >= 0.6 is 11.9 Å². The highest BCUT2D eigenvalue weighted by molar-refractivity contribution is 7.97. The Morgan fingerprint density at radius 3 is 2.77 bits per heavy atom. The first-order valence-electron chi connectivity index (χ1n) is 8.66. The van der Waals surface area contributed by atoms with Gasteiger partial charge in [-0.25, -0.2) is 4.79 Å². The van der Waals surface area contributed by atoms with Gasteiger partial charge >= 0.3 is 6.03 Å². The number of ether oxygens (including phenoxy) is 1. The number of nitrogens with zero attached hydrogens (tertiary/aromatic N) is 1. The van der Waals surface area contributed by atoms with Gasteiger partial charge in [0, 0.05) is 29.8 Å². The minimum absolute atomic E-state index is 0.165. The molecule has 140 valence electrons. The molecule has 3 rings (SSSR count). The van der Waals surface area contributed by atoms with Crippen LogP contribution in [0.15, 0.2) is 28.7 Å². The molecule has 26 heavy (non-hydrogen) atoms. The van der Waals surface area contributed by atoms with Gasteiger partial charge in [-0.05, 0) is 37.9 Å². The van der Waals surface area contributed by atoms with E-state index in [1.54, 1.807) is 13.0 Å². The van der Waals surface area contributed by atoms with Crippen LogP contribution in [0.2, 0.25) is 0 Å². The molecule has 0 spiro atoms. The van der Waals surface area contributed by atoms with Gasteiger partial charge in [0.2, 0.25) is 0 Å². The van der Waals surface area contributed by atoms with Gasteiger partial charge in [0.05, 0.1) is 13.2 Å². The summed E-state index contributed by atoms with van der Waals surface area (Å²) in [4.78, 5) is 26.5. The van der Waals surface area contributed by atoms with Gasteiger partial charge in [-0.15, -0.1) is 0 Å². The molecule has 1 aliphatic heterocycles. The van der Waals surface area contributed by atoms with Crippen LogP contribution < -0.4 is 10.0 Å². The predicted molar refractivity (Wildman–Crippen MR) is 101 cm³/mol. The minimum atomic E-state index is -0.537. The topological polar surface area (TPSA) is 83.8 Å². The Morgan fingerprint density at radius 1 is 1.23 bits per heavy atom. The van der Waals surface area contributed by atoms with Crippen LogP contribution in [0.5, 0.6) is 0 Å². The van der Waals surface area contributed by atoms with Crippen LogP contribution in [0.4, 0.5) is 4.79 Å². The van der Waals surface area contributed by atoms with Crippen molar-refractivity contribution in [2.24, 2.45) is 0 Å². The maximum atomic E-state index is 12.2. The number of hydrogen-bond donors (Lipinski definition) is 2. The molecule has 1 fully saturated rings. The number of furan rings is 1. The van der Waals surface area contributed by atoms with Crippen molar-refractivity contribution in [3.63, 3.8) is 0 Å². The molecule has 0 bridgehead atoms. The number of amides is 3. The molecular formula is C18H23N3O4S. The third-order valence-electron chi connectivity index (χ3n) is 4.27. The number of benzene rings is 1. The summed E-state index contributed by atoms with van der Waals surface area (Å²) in [5, 5.41) is 3.18. The number of nitrogens with one attached hydrogen (secondary N) is 2. The number of imide groups is 1. The van der Waals surface area contributed by atoms with Gasteiger partial charge in [0.1, 0.15) is 5.58 Å². The molecule has 0 atom stereocenters. The molecule has 8 heteroatoms. The largest absolute Gasteiger partial charge is 0.451 e. The van der Waals surface area contributed by atoms with Crippen molar-refractivity contribution < 1.29 is 18.7 Å². The lowest BCUT2D eigenvalue weighted by molar-refractivity contribution is 0.0381. The summed E-state index contributed by atoms with van der Waals surface area (Å²) in [6, 6.07) is 6.87. The van der Waals surface area contributed by atoms with Crippen LogP contribution in [-0.2, 0) is 4.74 Å². The number of para-hydroxylation sites is 1. The first-order chi connectivity index (χ1) is 12.6. The van der Waals surface area contributed by atoms with Crippen molar-refractivity contribution in [2.75, 3.05) is 38.6 Å². The first-order valence-corrected chi connectivity index (χ1v) is 9.65. The fourth-order valence-electron chi connectivity index (χ4n) is 2.88. The summed E-state index contributed by atoms with van der Waals surface area (Å²) in [7, 11) is 0. The summed E-state index contributed by atoms with van der Waals surface area (Å²) in [5.41, 5.74) is 1.36. The average molecular weight is 377 g/mol. The summed E-state index contributed by atoms with van der Waals surface area (Å²) >= 11 is 1.29. The quantitative estimate of drug-likeness (QED) is 0.595. The molecule has 1 aliphatic rings. The highest BCUT2D eigenvalue weighted by Gasteiger charge is 2.19. The monoisotopic (exact) mass is 377 g/mol. The third kappa shape index (κ3) is 4.78. The Balaban J connectivity index is 1.39. The number of morpholine rings is 1. The van der Waals surface area contributed by atoms with Crippen LogP contribution in [0.3, 0.4) is 0 Å². The fraction of sp³-hybridized carbons (Fsp3) is 0.444. The number of fused-ring (bicyclic) bond motifs is 1. The van der Waals surface area contributed by atoms with E-state index in [1.165, 1.54) is 11.9 Å². The molecule has 3 amide bonds. The van der Waals surface area contributed by atoms with E-state index >= 15 is 0 Å². The maximum absolute atomic E-state index is 12.2. The normalized spacial score (nSPS) is 15.1. The van der Waals surface area contributed by atoms with Crippen molar-refractivity contribution >= 4 is 34.9 Å². The van der Waals surface area contributed by atoms with Crippen LogP contribution in [0.25, 0.3) is 11.0 Å². The van der Waals surface area contributed by atoms with Gasteiger partial charge < -0.3 is 9.15 Å². The zero-order valence-corrected chi connectivity index (χ0v) is 15.6. The lowest BCUT2D eigenvalue weighted by Crippen LogP contribution is -2.38. The molecule has 1 aromatic carbocycles. The molecule has 0 unspecified atom stereocenters. The number of carbonyl (C=O) groups excluding carboxylic acids is 2. The van der Waals surface area contributed by atoms with Crippen molar-refractivity contribution in [3.8, 4) is 0 Å². The number of rotatable bonds is 6. The van der Waals surface area contributed by atoms with E-state index in [4.69, 9.17) is 9.15 Å². The van der Waals surface area contributed by atoms with Crippen LogP contribution in [-0.4, -0.2) is 55.4 Å². The maximum Gasteiger partial charge on any atom is 0.331 e. The second-order valence-electron chi connectivity index (χ2n) is 6.09. The van der Waals surface area contributed by atoms with Crippen molar-refractivity contribution in [1.82, 2.24) is 14.9 Å². The molecule has 2 heterocycles. The van der Waals surface area contributed by atoms with E-state index < -0.39 is 11.9 Å². The number of carbonyl (C=O) groups is 2. The van der Waals surface area contributed by atoms with Gasteiger partial charge in [0.15, 0.2) is 5.76 Å². The SMILES string of the molecule is Cc1c(C(=O)NC(=O)NSCCCN2CCOCC2)oc2ccccc12. The zero-order valence-electron chi connectivity index (χ0n) is 14.7. The fourth-order valence-corrected chi connectivity index (χ4v) is 3.44.